The highest BCUT2D eigenvalue weighted by atomic mass is 35.5. The van der Waals surface area contributed by atoms with Gasteiger partial charge in [-0.1, -0.05) is 30.3 Å². The monoisotopic (exact) mass is 238 g/mol. The lowest BCUT2D eigenvalue weighted by Gasteiger charge is -2.12. The first-order chi connectivity index (χ1) is 7.24. The Morgan fingerprint density at radius 2 is 1.88 bits per heavy atom. The van der Waals surface area contributed by atoms with E-state index in [4.69, 9.17) is 5.26 Å². The van der Waals surface area contributed by atoms with Gasteiger partial charge in [-0.15, -0.1) is 12.4 Å². The van der Waals surface area contributed by atoms with Crippen LogP contribution in [0.15, 0.2) is 30.3 Å². The van der Waals surface area contributed by atoms with E-state index in [-0.39, 0.29) is 18.3 Å². The van der Waals surface area contributed by atoms with Crippen LogP contribution < -0.4 is 0 Å². The summed E-state index contributed by atoms with van der Waals surface area (Å²) in [5.74, 6) is 0.0474. The Balaban J connectivity index is 0.00000225. The Morgan fingerprint density at radius 3 is 2.38 bits per heavy atom. The van der Waals surface area contributed by atoms with Crippen molar-refractivity contribution in [2.24, 2.45) is 0 Å². The SMILES string of the molecule is CN(C)CCCC(C#N)c1ccccc1.Cl. The molecule has 88 valence electrons. The molecule has 1 aromatic rings. The van der Waals surface area contributed by atoms with Crippen LogP contribution in [0, 0.1) is 11.3 Å². The predicted molar refractivity (Wildman–Crippen MR) is 69.8 cm³/mol. The van der Waals surface area contributed by atoms with E-state index in [1.165, 1.54) is 0 Å². The molecule has 0 aliphatic heterocycles. The van der Waals surface area contributed by atoms with Crippen LogP contribution in [-0.4, -0.2) is 25.5 Å². The van der Waals surface area contributed by atoms with E-state index in [2.05, 4.69) is 25.1 Å². The largest absolute Gasteiger partial charge is 0.309 e. The topological polar surface area (TPSA) is 27.0 Å². The van der Waals surface area contributed by atoms with E-state index in [1.54, 1.807) is 0 Å². The maximum Gasteiger partial charge on any atom is 0.0713 e. The lowest BCUT2D eigenvalue weighted by atomic mass is 9.96. The molecule has 0 fully saturated rings. The number of nitriles is 1. The average molecular weight is 239 g/mol. The third kappa shape index (κ3) is 5.16. The van der Waals surface area contributed by atoms with E-state index in [1.807, 2.05) is 30.3 Å². The summed E-state index contributed by atoms with van der Waals surface area (Å²) in [6, 6.07) is 12.4. The molecule has 0 aliphatic rings. The number of hydrogen-bond donors (Lipinski definition) is 0. The number of nitrogens with zero attached hydrogens (tertiary/aromatic N) is 2. The van der Waals surface area contributed by atoms with Crippen LogP contribution in [0.4, 0.5) is 0 Å². The van der Waals surface area contributed by atoms with E-state index in [0.29, 0.717) is 0 Å². The maximum atomic E-state index is 9.08. The molecule has 0 aromatic heterocycles. The van der Waals surface area contributed by atoms with Crippen LogP contribution >= 0.6 is 12.4 Å². The fourth-order valence-electron chi connectivity index (χ4n) is 1.60. The molecule has 0 aliphatic carbocycles. The van der Waals surface area contributed by atoms with Gasteiger partial charge in [0.15, 0.2) is 0 Å². The van der Waals surface area contributed by atoms with Crippen LogP contribution in [0.3, 0.4) is 0 Å². The van der Waals surface area contributed by atoms with Crippen molar-refractivity contribution in [1.82, 2.24) is 4.90 Å². The van der Waals surface area contributed by atoms with Gasteiger partial charge in [-0.05, 0) is 39.0 Å². The minimum Gasteiger partial charge on any atom is -0.309 e. The van der Waals surface area contributed by atoms with Gasteiger partial charge in [-0.3, -0.25) is 0 Å². The molecule has 2 nitrogen and oxygen atoms in total. The summed E-state index contributed by atoms with van der Waals surface area (Å²) >= 11 is 0. The second-order valence-corrected chi connectivity index (χ2v) is 4.04. The van der Waals surface area contributed by atoms with Crippen molar-refractivity contribution in [3.8, 4) is 6.07 Å². The standard InChI is InChI=1S/C13H18N2.ClH/c1-15(2)10-6-9-13(11-14)12-7-4-3-5-8-12;/h3-5,7-8,13H,6,9-10H2,1-2H3;1H. The molecular weight excluding hydrogens is 220 g/mol. The van der Waals surface area contributed by atoms with Gasteiger partial charge in [0.2, 0.25) is 0 Å². The molecule has 1 atom stereocenters. The van der Waals surface area contributed by atoms with Gasteiger partial charge in [0.05, 0.1) is 12.0 Å². The van der Waals surface area contributed by atoms with Crippen LogP contribution in [0.1, 0.15) is 24.3 Å². The zero-order valence-electron chi connectivity index (χ0n) is 9.89. The van der Waals surface area contributed by atoms with Crippen molar-refractivity contribution in [2.75, 3.05) is 20.6 Å². The molecule has 0 N–H and O–H groups in total. The smallest absolute Gasteiger partial charge is 0.0713 e. The first kappa shape index (κ1) is 15.0. The minimum atomic E-state index is 0. The number of benzene rings is 1. The summed E-state index contributed by atoms with van der Waals surface area (Å²) < 4.78 is 0. The van der Waals surface area contributed by atoms with Gasteiger partial charge < -0.3 is 4.90 Å². The third-order valence-corrected chi connectivity index (χ3v) is 2.46. The molecular formula is C13H19ClN2. The van der Waals surface area contributed by atoms with Gasteiger partial charge in [-0.25, -0.2) is 0 Å². The molecule has 0 spiro atoms. The minimum absolute atomic E-state index is 0. The van der Waals surface area contributed by atoms with Crippen molar-refractivity contribution >= 4 is 12.4 Å². The van der Waals surface area contributed by atoms with Gasteiger partial charge in [0, 0.05) is 0 Å². The van der Waals surface area contributed by atoms with E-state index in [0.717, 1.165) is 24.9 Å². The summed E-state index contributed by atoms with van der Waals surface area (Å²) in [4.78, 5) is 2.15. The second-order valence-electron chi connectivity index (χ2n) is 4.04. The van der Waals surface area contributed by atoms with E-state index in [9.17, 15) is 0 Å². The summed E-state index contributed by atoms with van der Waals surface area (Å²) in [5, 5.41) is 9.08. The summed E-state index contributed by atoms with van der Waals surface area (Å²) in [6.07, 6.45) is 2.01. The molecule has 0 amide bonds. The lowest BCUT2D eigenvalue weighted by Crippen LogP contribution is -2.13. The van der Waals surface area contributed by atoms with Gasteiger partial charge in [0.25, 0.3) is 0 Å². The molecule has 1 aromatic carbocycles. The molecule has 0 saturated carbocycles. The molecule has 0 heterocycles. The molecule has 16 heavy (non-hydrogen) atoms. The summed E-state index contributed by atoms with van der Waals surface area (Å²) in [7, 11) is 4.12. The number of rotatable bonds is 5. The highest BCUT2D eigenvalue weighted by Crippen LogP contribution is 2.19. The quantitative estimate of drug-likeness (QED) is 0.789. The number of hydrogen-bond acceptors (Lipinski definition) is 2. The molecule has 0 saturated heterocycles. The Bertz CT molecular complexity index is 316. The van der Waals surface area contributed by atoms with Gasteiger partial charge in [0.1, 0.15) is 0 Å². The Kier molecular flexibility index (Phi) is 7.62. The molecule has 0 bridgehead atoms. The molecule has 0 radical (unpaired) electrons. The lowest BCUT2D eigenvalue weighted by molar-refractivity contribution is 0.391. The fourth-order valence-corrected chi connectivity index (χ4v) is 1.60. The van der Waals surface area contributed by atoms with Crippen LogP contribution in [0.2, 0.25) is 0 Å². The Morgan fingerprint density at radius 1 is 1.25 bits per heavy atom. The molecule has 1 unspecified atom stereocenters. The summed E-state index contributed by atoms with van der Waals surface area (Å²) in [5.41, 5.74) is 1.14. The highest BCUT2D eigenvalue weighted by molar-refractivity contribution is 5.85. The Hall–Kier alpha value is -1.04. The van der Waals surface area contributed by atoms with Crippen molar-refractivity contribution < 1.29 is 0 Å². The second kappa shape index (κ2) is 8.15. The van der Waals surface area contributed by atoms with E-state index < -0.39 is 0 Å². The fraction of sp³-hybridized carbons (Fsp3) is 0.462. The maximum absolute atomic E-state index is 9.08. The zero-order valence-corrected chi connectivity index (χ0v) is 10.7. The first-order valence-electron chi connectivity index (χ1n) is 5.33. The van der Waals surface area contributed by atoms with Crippen molar-refractivity contribution in [3.63, 3.8) is 0 Å². The first-order valence-corrected chi connectivity index (χ1v) is 5.33. The Labute approximate surface area is 104 Å². The van der Waals surface area contributed by atoms with Crippen molar-refractivity contribution in [1.29, 1.82) is 5.26 Å². The van der Waals surface area contributed by atoms with Crippen LogP contribution in [-0.2, 0) is 0 Å². The summed E-state index contributed by atoms with van der Waals surface area (Å²) in [6.45, 7) is 1.05. The predicted octanol–water partition coefficient (Wildman–Crippen LogP) is 3.06. The van der Waals surface area contributed by atoms with Crippen LogP contribution in [0.5, 0.6) is 0 Å². The normalized spacial score (nSPS) is 11.6. The average Bonchev–Trinajstić information content (AvgIpc) is 2.25. The van der Waals surface area contributed by atoms with E-state index >= 15 is 0 Å². The van der Waals surface area contributed by atoms with Crippen molar-refractivity contribution in [2.45, 2.75) is 18.8 Å². The van der Waals surface area contributed by atoms with Crippen LogP contribution in [0.25, 0.3) is 0 Å². The van der Waals surface area contributed by atoms with Crippen molar-refractivity contribution in [3.05, 3.63) is 35.9 Å². The van der Waals surface area contributed by atoms with Gasteiger partial charge >= 0.3 is 0 Å². The number of halogens is 1. The molecule has 1 rings (SSSR count). The molecule has 3 heteroatoms. The third-order valence-electron chi connectivity index (χ3n) is 2.46. The zero-order chi connectivity index (χ0) is 11.1. The highest BCUT2D eigenvalue weighted by Gasteiger charge is 2.09. The van der Waals surface area contributed by atoms with Gasteiger partial charge in [-0.2, -0.15) is 5.26 Å².